The molecule has 2 saturated heterocycles. The van der Waals surface area contributed by atoms with Gasteiger partial charge in [-0.05, 0) is 49.4 Å². The number of methoxy groups -OCH3 is 1. The molecular formula is C24H25N3O6. The van der Waals surface area contributed by atoms with Crippen molar-refractivity contribution < 1.29 is 28.6 Å². The van der Waals surface area contributed by atoms with Crippen molar-refractivity contribution in [3.05, 3.63) is 53.6 Å². The van der Waals surface area contributed by atoms with Crippen molar-refractivity contribution >= 4 is 35.3 Å². The maximum Gasteiger partial charge on any atom is 0.335 e. The number of anilines is 2. The third kappa shape index (κ3) is 4.68. The topological polar surface area (TPSA) is 97.4 Å². The van der Waals surface area contributed by atoms with Crippen LogP contribution in [0.3, 0.4) is 0 Å². The van der Waals surface area contributed by atoms with Gasteiger partial charge in [-0.2, -0.15) is 0 Å². The van der Waals surface area contributed by atoms with Crippen molar-refractivity contribution in [2.24, 2.45) is 0 Å². The number of carbonyl (C=O) groups excluding carboxylic acids is 3. The highest BCUT2D eigenvalue weighted by atomic mass is 16.5. The summed E-state index contributed by atoms with van der Waals surface area (Å²) in [4.78, 5) is 41.2. The minimum Gasteiger partial charge on any atom is -0.496 e. The van der Waals surface area contributed by atoms with Crippen LogP contribution < -0.4 is 24.6 Å². The number of nitrogens with zero attached hydrogens (tertiary/aromatic N) is 2. The quantitative estimate of drug-likeness (QED) is 0.533. The second-order valence-electron chi connectivity index (χ2n) is 7.41. The zero-order valence-corrected chi connectivity index (χ0v) is 18.5. The van der Waals surface area contributed by atoms with Crippen LogP contribution in [0, 0.1) is 0 Å². The first kappa shape index (κ1) is 22.3. The van der Waals surface area contributed by atoms with E-state index in [9.17, 15) is 14.4 Å². The lowest BCUT2D eigenvalue weighted by Crippen LogP contribution is -2.54. The summed E-state index contributed by atoms with van der Waals surface area (Å²) in [5, 5.41) is 2.23. The molecule has 9 heteroatoms. The molecule has 2 heterocycles. The van der Waals surface area contributed by atoms with Gasteiger partial charge in [0.15, 0.2) is 0 Å². The van der Waals surface area contributed by atoms with E-state index in [0.29, 0.717) is 42.6 Å². The summed E-state index contributed by atoms with van der Waals surface area (Å²) in [5.41, 5.74) is 1.67. The van der Waals surface area contributed by atoms with Crippen molar-refractivity contribution in [2.45, 2.75) is 6.92 Å². The second kappa shape index (κ2) is 9.74. The molecule has 0 saturated carbocycles. The summed E-state index contributed by atoms with van der Waals surface area (Å²) in [6.45, 7) is 5.19. The lowest BCUT2D eigenvalue weighted by atomic mass is 10.0. The molecule has 9 nitrogen and oxygen atoms in total. The number of amides is 4. The Morgan fingerprint density at radius 1 is 1.03 bits per heavy atom. The molecule has 0 aliphatic carbocycles. The average Bonchev–Trinajstić information content (AvgIpc) is 2.83. The van der Waals surface area contributed by atoms with Crippen LogP contribution in [-0.2, 0) is 14.3 Å². The Balaban J connectivity index is 1.64. The molecule has 0 aromatic heterocycles. The molecular weight excluding hydrogens is 426 g/mol. The molecule has 0 bridgehead atoms. The fraction of sp³-hybridized carbons (Fsp3) is 0.292. The van der Waals surface area contributed by atoms with Gasteiger partial charge in [-0.3, -0.25) is 14.9 Å². The summed E-state index contributed by atoms with van der Waals surface area (Å²) in [7, 11) is 1.53. The van der Waals surface area contributed by atoms with Gasteiger partial charge in [-0.25, -0.2) is 9.69 Å². The van der Waals surface area contributed by atoms with Crippen LogP contribution in [0.5, 0.6) is 11.5 Å². The summed E-state index contributed by atoms with van der Waals surface area (Å²) >= 11 is 0. The molecule has 2 aliphatic heterocycles. The van der Waals surface area contributed by atoms with Crippen molar-refractivity contribution in [3.8, 4) is 11.5 Å². The van der Waals surface area contributed by atoms with Gasteiger partial charge in [0.05, 0.1) is 32.6 Å². The number of carbonyl (C=O) groups is 3. The Morgan fingerprint density at radius 3 is 2.39 bits per heavy atom. The van der Waals surface area contributed by atoms with Gasteiger partial charge >= 0.3 is 6.03 Å². The van der Waals surface area contributed by atoms with E-state index in [1.165, 1.54) is 13.2 Å². The van der Waals surface area contributed by atoms with Crippen LogP contribution in [0.4, 0.5) is 16.2 Å². The highest BCUT2D eigenvalue weighted by Crippen LogP contribution is 2.30. The Morgan fingerprint density at radius 2 is 1.73 bits per heavy atom. The predicted molar refractivity (Wildman–Crippen MR) is 123 cm³/mol. The van der Waals surface area contributed by atoms with E-state index >= 15 is 0 Å². The maximum atomic E-state index is 13.2. The largest absolute Gasteiger partial charge is 0.496 e. The van der Waals surface area contributed by atoms with Crippen LogP contribution in [-0.4, -0.2) is 57.9 Å². The first-order valence-corrected chi connectivity index (χ1v) is 10.7. The molecule has 0 unspecified atom stereocenters. The summed E-state index contributed by atoms with van der Waals surface area (Å²) in [6, 6.07) is 11.2. The highest BCUT2D eigenvalue weighted by molar-refractivity contribution is 6.39. The van der Waals surface area contributed by atoms with Crippen molar-refractivity contribution in [2.75, 3.05) is 49.8 Å². The number of ether oxygens (including phenoxy) is 3. The molecule has 4 rings (SSSR count). The van der Waals surface area contributed by atoms with E-state index in [4.69, 9.17) is 14.2 Å². The molecule has 0 atom stereocenters. The number of hydrogen-bond donors (Lipinski definition) is 1. The van der Waals surface area contributed by atoms with E-state index in [1.807, 2.05) is 19.1 Å². The highest BCUT2D eigenvalue weighted by Gasteiger charge is 2.37. The molecule has 2 aromatic carbocycles. The number of urea groups is 1. The van der Waals surface area contributed by atoms with Crippen molar-refractivity contribution in [1.29, 1.82) is 0 Å². The second-order valence-corrected chi connectivity index (χ2v) is 7.41. The lowest BCUT2D eigenvalue weighted by Gasteiger charge is -2.29. The molecule has 4 amide bonds. The average molecular weight is 451 g/mol. The van der Waals surface area contributed by atoms with Crippen LogP contribution in [0.15, 0.2) is 48.0 Å². The molecule has 2 aliphatic rings. The Bertz CT molecular complexity index is 1090. The zero-order chi connectivity index (χ0) is 23.4. The normalized spacial score (nSPS) is 17.9. The van der Waals surface area contributed by atoms with Crippen LogP contribution in [0.1, 0.15) is 12.5 Å². The molecule has 2 fully saturated rings. The number of rotatable bonds is 6. The number of benzene rings is 2. The van der Waals surface area contributed by atoms with Gasteiger partial charge in [-0.1, -0.05) is 0 Å². The van der Waals surface area contributed by atoms with Gasteiger partial charge in [0.1, 0.15) is 17.1 Å². The fourth-order valence-electron chi connectivity index (χ4n) is 3.74. The monoisotopic (exact) mass is 451 g/mol. The number of imide groups is 2. The number of hydrogen-bond acceptors (Lipinski definition) is 7. The molecule has 172 valence electrons. The van der Waals surface area contributed by atoms with E-state index in [1.54, 1.807) is 30.3 Å². The standard InChI is InChI=1S/C24H25N3O6/c1-3-33-19-8-6-17(7-9-19)27-23(29)20(22(28)25-24(27)30)14-16-4-5-18(15-21(16)31-2)26-10-12-32-13-11-26/h4-9,14-15H,3,10-13H2,1-2H3,(H,25,28,30)/b20-14+. The van der Waals surface area contributed by atoms with Crippen LogP contribution >= 0.6 is 0 Å². The van der Waals surface area contributed by atoms with Crippen molar-refractivity contribution in [3.63, 3.8) is 0 Å². The predicted octanol–water partition coefficient (Wildman–Crippen LogP) is 2.60. The summed E-state index contributed by atoms with van der Waals surface area (Å²) in [6.07, 6.45) is 1.44. The van der Waals surface area contributed by atoms with Crippen LogP contribution in [0.2, 0.25) is 0 Å². The first-order valence-electron chi connectivity index (χ1n) is 10.7. The van der Waals surface area contributed by atoms with E-state index in [-0.39, 0.29) is 5.57 Å². The van der Waals surface area contributed by atoms with E-state index < -0.39 is 17.8 Å². The van der Waals surface area contributed by atoms with Gasteiger partial charge < -0.3 is 19.1 Å². The minimum absolute atomic E-state index is 0.166. The lowest BCUT2D eigenvalue weighted by molar-refractivity contribution is -0.122. The molecule has 0 spiro atoms. The third-order valence-electron chi connectivity index (χ3n) is 5.40. The van der Waals surface area contributed by atoms with E-state index in [0.717, 1.165) is 23.7 Å². The van der Waals surface area contributed by atoms with E-state index in [2.05, 4.69) is 10.2 Å². The van der Waals surface area contributed by atoms with Gasteiger partial charge in [0.2, 0.25) is 0 Å². The summed E-state index contributed by atoms with van der Waals surface area (Å²) in [5.74, 6) is -0.349. The molecule has 0 radical (unpaired) electrons. The zero-order valence-electron chi connectivity index (χ0n) is 18.5. The SMILES string of the molecule is CCOc1ccc(N2C(=O)NC(=O)/C(=C\c3ccc(N4CCOCC4)cc3OC)C2=O)cc1. The Labute approximate surface area is 191 Å². The smallest absolute Gasteiger partial charge is 0.335 e. The Hall–Kier alpha value is -3.85. The molecule has 2 aromatic rings. The fourth-order valence-corrected chi connectivity index (χ4v) is 3.74. The number of nitrogens with one attached hydrogen (secondary N) is 1. The first-order chi connectivity index (χ1) is 16.0. The van der Waals surface area contributed by atoms with Gasteiger partial charge in [0.25, 0.3) is 11.8 Å². The number of barbiturate groups is 1. The Kier molecular flexibility index (Phi) is 6.60. The molecule has 1 N–H and O–H groups in total. The number of morpholine rings is 1. The van der Waals surface area contributed by atoms with Crippen molar-refractivity contribution in [1.82, 2.24) is 5.32 Å². The van der Waals surface area contributed by atoms with Gasteiger partial charge in [0, 0.05) is 30.4 Å². The van der Waals surface area contributed by atoms with Crippen LogP contribution in [0.25, 0.3) is 6.08 Å². The molecule has 33 heavy (non-hydrogen) atoms. The third-order valence-corrected chi connectivity index (χ3v) is 5.40. The van der Waals surface area contributed by atoms with Gasteiger partial charge in [-0.15, -0.1) is 0 Å². The summed E-state index contributed by atoms with van der Waals surface area (Å²) < 4.78 is 16.3. The minimum atomic E-state index is -0.805. The maximum absolute atomic E-state index is 13.2.